The Morgan fingerprint density at radius 2 is 2.13 bits per heavy atom. The normalized spacial score (nSPS) is 23.6. The SMILES string of the molecule is c1cn2c(n1)CN(Cc1ccsc1)CC(CN1CCOCC1)C2. The molecule has 4 heterocycles. The van der Waals surface area contributed by atoms with Gasteiger partial charge in [0.2, 0.25) is 0 Å². The molecule has 23 heavy (non-hydrogen) atoms. The third-order valence-corrected chi connectivity index (χ3v) is 5.48. The molecule has 2 aromatic rings. The van der Waals surface area contributed by atoms with E-state index in [1.54, 1.807) is 11.3 Å². The fourth-order valence-corrected chi connectivity index (χ4v) is 4.31. The zero-order chi connectivity index (χ0) is 15.5. The smallest absolute Gasteiger partial charge is 0.122 e. The van der Waals surface area contributed by atoms with Crippen LogP contribution in [0.3, 0.4) is 0 Å². The number of aromatic nitrogens is 2. The van der Waals surface area contributed by atoms with Gasteiger partial charge < -0.3 is 9.30 Å². The highest BCUT2D eigenvalue weighted by Crippen LogP contribution is 2.20. The van der Waals surface area contributed by atoms with Gasteiger partial charge in [-0.3, -0.25) is 9.80 Å². The molecule has 0 amide bonds. The van der Waals surface area contributed by atoms with Gasteiger partial charge in [0.15, 0.2) is 0 Å². The molecule has 0 spiro atoms. The van der Waals surface area contributed by atoms with Crippen molar-refractivity contribution in [1.82, 2.24) is 19.4 Å². The van der Waals surface area contributed by atoms with Crippen LogP contribution in [-0.2, 0) is 24.4 Å². The highest BCUT2D eigenvalue weighted by Gasteiger charge is 2.25. The summed E-state index contributed by atoms with van der Waals surface area (Å²) < 4.78 is 7.83. The van der Waals surface area contributed by atoms with Crippen molar-refractivity contribution in [3.8, 4) is 0 Å². The third-order valence-electron chi connectivity index (χ3n) is 4.74. The van der Waals surface area contributed by atoms with Gasteiger partial charge in [-0.05, 0) is 22.4 Å². The molecule has 0 bridgehead atoms. The van der Waals surface area contributed by atoms with Crippen molar-refractivity contribution in [1.29, 1.82) is 0 Å². The van der Waals surface area contributed by atoms with E-state index in [0.29, 0.717) is 5.92 Å². The summed E-state index contributed by atoms with van der Waals surface area (Å²) in [4.78, 5) is 9.68. The third kappa shape index (κ3) is 3.83. The van der Waals surface area contributed by atoms with Crippen LogP contribution in [0.2, 0.25) is 0 Å². The molecule has 2 aromatic heterocycles. The van der Waals surface area contributed by atoms with Crippen molar-refractivity contribution in [3.63, 3.8) is 0 Å². The molecule has 2 aliphatic rings. The maximum atomic E-state index is 5.48. The molecule has 2 aliphatic heterocycles. The predicted octanol–water partition coefficient (Wildman–Crippen LogP) is 1.91. The van der Waals surface area contributed by atoms with Crippen LogP contribution < -0.4 is 0 Å². The summed E-state index contributed by atoms with van der Waals surface area (Å²) in [7, 11) is 0. The first-order valence-electron chi connectivity index (χ1n) is 8.40. The summed E-state index contributed by atoms with van der Waals surface area (Å²) in [5.74, 6) is 1.84. The maximum absolute atomic E-state index is 5.48. The summed E-state index contributed by atoms with van der Waals surface area (Å²) in [6.45, 7) is 9.22. The van der Waals surface area contributed by atoms with Gasteiger partial charge in [0.25, 0.3) is 0 Å². The second-order valence-corrected chi connectivity index (χ2v) is 7.36. The van der Waals surface area contributed by atoms with Crippen LogP contribution in [0.4, 0.5) is 0 Å². The van der Waals surface area contributed by atoms with Gasteiger partial charge in [0, 0.05) is 57.6 Å². The Balaban J connectivity index is 1.47. The molecule has 4 rings (SSSR count). The van der Waals surface area contributed by atoms with Gasteiger partial charge in [0.05, 0.1) is 19.8 Å². The van der Waals surface area contributed by atoms with Gasteiger partial charge in [-0.2, -0.15) is 11.3 Å². The van der Waals surface area contributed by atoms with Crippen LogP contribution in [0.5, 0.6) is 0 Å². The fraction of sp³-hybridized carbons (Fsp3) is 0.588. The number of hydrogen-bond acceptors (Lipinski definition) is 5. The topological polar surface area (TPSA) is 33.5 Å². The van der Waals surface area contributed by atoms with Crippen molar-refractivity contribution >= 4 is 11.3 Å². The second-order valence-electron chi connectivity index (χ2n) is 6.58. The lowest BCUT2D eigenvalue weighted by Crippen LogP contribution is -2.42. The maximum Gasteiger partial charge on any atom is 0.122 e. The summed E-state index contributed by atoms with van der Waals surface area (Å²) in [5.41, 5.74) is 1.42. The minimum atomic E-state index is 0.641. The lowest BCUT2D eigenvalue weighted by molar-refractivity contribution is 0.0265. The average molecular weight is 332 g/mol. The Labute approximate surface area is 141 Å². The predicted molar refractivity (Wildman–Crippen MR) is 91.4 cm³/mol. The lowest BCUT2D eigenvalue weighted by atomic mass is 10.1. The minimum Gasteiger partial charge on any atom is -0.379 e. The first kappa shape index (κ1) is 15.3. The number of thiophene rings is 1. The van der Waals surface area contributed by atoms with Crippen LogP contribution >= 0.6 is 11.3 Å². The molecule has 0 N–H and O–H groups in total. The molecule has 5 nitrogen and oxygen atoms in total. The first-order valence-corrected chi connectivity index (χ1v) is 9.34. The van der Waals surface area contributed by atoms with Gasteiger partial charge in [-0.15, -0.1) is 0 Å². The number of ether oxygens (including phenoxy) is 1. The Bertz CT molecular complexity index is 606. The van der Waals surface area contributed by atoms with E-state index in [4.69, 9.17) is 4.74 Å². The molecule has 1 atom stereocenters. The number of fused-ring (bicyclic) bond motifs is 1. The van der Waals surface area contributed by atoms with E-state index in [9.17, 15) is 0 Å². The fourth-order valence-electron chi connectivity index (χ4n) is 3.65. The van der Waals surface area contributed by atoms with Crippen molar-refractivity contribution in [3.05, 3.63) is 40.6 Å². The Hall–Kier alpha value is -1.21. The van der Waals surface area contributed by atoms with E-state index in [2.05, 4.69) is 42.4 Å². The van der Waals surface area contributed by atoms with Gasteiger partial charge >= 0.3 is 0 Å². The Morgan fingerprint density at radius 3 is 2.96 bits per heavy atom. The summed E-state index contributed by atoms with van der Waals surface area (Å²) in [5, 5.41) is 4.42. The molecule has 124 valence electrons. The van der Waals surface area contributed by atoms with E-state index < -0.39 is 0 Å². The summed E-state index contributed by atoms with van der Waals surface area (Å²) >= 11 is 1.78. The van der Waals surface area contributed by atoms with Crippen molar-refractivity contribution in [2.45, 2.75) is 19.6 Å². The molecular formula is C17H24N4OS. The number of imidazole rings is 1. The number of rotatable bonds is 4. The molecule has 6 heteroatoms. The first-order chi connectivity index (χ1) is 11.4. The minimum absolute atomic E-state index is 0.641. The average Bonchev–Trinajstić information content (AvgIpc) is 3.18. The zero-order valence-electron chi connectivity index (χ0n) is 13.4. The van der Waals surface area contributed by atoms with Gasteiger partial charge in [-0.1, -0.05) is 0 Å². The van der Waals surface area contributed by atoms with Crippen LogP contribution in [0, 0.1) is 5.92 Å². The molecule has 0 aromatic carbocycles. The highest BCUT2D eigenvalue weighted by molar-refractivity contribution is 7.07. The van der Waals surface area contributed by atoms with Crippen molar-refractivity contribution < 1.29 is 4.74 Å². The van der Waals surface area contributed by atoms with Crippen LogP contribution in [0.1, 0.15) is 11.4 Å². The highest BCUT2D eigenvalue weighted by atomic mass is 32.1. The van der Waals surface area contributed by atoms with Crippen LogP contribution in [0.15, 0.2) is 29.2 Å². The Morgan fingerprint density at radius 1 is 1.22 bits per heavy atom. The van der Waals surface area contributed by atoms with E-state index in [1.165, 1.54) is 11.4 Å². The monoisotopic (exact) mass is 332 g/mol. The number of morpholine rings is 1. The quantitative estimate of drug-likeness (QED) is 0.856. The van der Waals surface area contributed by atoms with E-state index in [1.807, 2.05) is 6.20 Å². The van der Waals surface area contributed by atoms with Crippen LogP contribution in [0.25, 0.3) is 0 Å². The molecule has 1 saturated heterocycles. The molecule has 0 saturated carbocycles. The number of nitrogens with zero attached hydrogens (tertiary/aromatic N) is 4. The standard InChI is InChI=1S/C17H24N4OS/c1-8-23-14-15(1)9-20-11-16(10-19-4-6-22-7-5-19)12-21-3-2-18-17(21)13-20/h1-3,8,14,16H,4-7,9-13H2. The molecule has 1 fully saturated rings. The zero-order valence-corrected chi connectivity index (χ0v) is 14.2. The van der Waals surface area contributed by atoms with E-state index in [0.717, 1.165) is 59.0 Å². The van der Waals surface area contributed by atoms with Crippen molar-refractivity contribution in [2.24, 2.45) is 5.92 Å². The summed E-state index contributed by atoms with van der Waals surface area (Å²) in [6, 6.07) is 2.24. The lowest BCUT2D eigenvalue weighted by Gasteiger charge is -2.31. The largest absolute Gasteiger partial charge is 0.379 e. The molecule has 1 unspecified atom stereocenters. The Kier molecular flexibility index (Phi) is 4.75. The molecule has 0 radical (unpaired) electrons. The van der Waals surface area contributed by atoms with Crippen LogP contribution in [-0.4, -0.2) is 58.7 Å². The van der Waals surface area contributed by atoms with E-state index >= 15 is 0 Å². The second kappa shape index (κ2) is 7.13. The van der Waals surface area contributed by atoms with E-state index in [-0.39, 0.29) is 0 Å². The van der Waals surface area contributed by atoms with Gasteiger partial charge in [-0.25, -0.2) is 4.98 Å². The van der Waals surface area contributed by atoms with Crippen molar-refractivity contribution in [2.75, 3.05) is 39.4 Å². The number of hydrogen-bond donors (Lipinski definition) is 0. The molecular weight excluding hydrogens is 308 g/mol. The summed E-state index contributed by atoms with van der Waals surface area (Å²) in [6.07, 6.45) is 4.07. The van der Waals surface area contributed by atoms with Gasteiger partial charge in [0.1, 0.15) is 5.82 Å². The molecule has 0 aliphatic carbocycles.